The fourth-order valence-electron chi connectivity index (χ4n) is 3.51. The first-order chi connectivity index (χ1) is 8.76. The van der Waals surface area contributed by atoms with Crippen LogP contribution in [0.15, 0.2) is 0 Å². The second-order valence-electron chi connectivity index (χ2n) is 6.08. The summed E-state index contributed by atoms with van der Waals surface area (Å²) in [6.45, 7) is 14.6. The van der Waals surface area contributed by atoms with Crippen molar-refractivity contribution >= 4 is 0 Å². The molecule has 2 aliphatic heterocycles. The largest absolute Gasteiger partial charge is 0.311 e. The van der Waals surface area contributed by atoms with Gasteiger partial charge in [-0.1, -0.05) is 20.8 Å². The Balaban J connectivity index is 1.85. The van der Waals surface area contributed by atoms with Crippen LogP contribution in [0.25, 0.3) is 0 Å². The van der Waals surface area contributed by atoms with E-state index in [1.165, 1.54) is 58.5 Å². The van der Waals surface area contributed by atoms with Crippen LogP contribution >= 0.6 is 0 Å². The van der Waals surface area contributed by atoms with Crippen LogP contribution in [0.1, 0.15) is 40.0 Å². The van der Waals surface area contributed by atoms with Crippen molar-refractivity contribution in [2.45, 2.75) is 52.1 Å². The van der Waals surface area contributed by atoms with E-state index in [-0.39, 0.29) is 0 Å². The van der Waals surface area contributed by atoms with E-state index < -0.39 is 0 Å². The molecule has 0 aromatic rings. The van der Waals surface area contributed by atoms with Gasteiger partial charge in [0.25, 0.3) is 0 Å². The number of rotatable bonds is 5. The highest BCUT2D eigenvalue weighted by Crippen LogP contribution is 2.20. The van der Waals surface area contributed by atoms with E-state index in [0.29, 0.717) is 0 Å². The molecule has 2 aliphatic rings. The summed E-state index contributed by atoms with van der Waals surface area (Å²) in [7, 11) is 0. The minimum atomic E-state index is 0.719. The summed E-state index contributed by atoms with van der Waals surface area (Å²) in [5.74, 6) is 0.912. The lowest BCUT2D eigenvalue weighted by molar-refractivity contribution is 0.106. The van der Waals surface area contributed by atoms with Gasteiger partial charge in [0.1, 0.15) is 0 Å². The highest BCUT2D eigenvalue weighted by atomic mass is 15.2. The zero-order valence-corrected chi connectivity index (χ0v) is 12.5. The molecule has 0 bridgehead atoms. The van der Waals surface area contributed by atoms with Gasteiger partial charge in [-0.25, -0.2) is 0 Å². The quantitative estimate of drug-likeness (QED) is 0.806. The Labute approximate surface area is 113 Å². The molecule has 3 nitrogen and oxygen atoms in total. The van der Waals surface area contributed by atoms with E-state index in [1.807, 2.05) is 0 Å². The zero-order chi connectivity index (χ0) is 13.0. The molecule has 2 heterocycles. The van der Waals surface area contributed by atoms with E-state index in [4.69, 9.17) is 0 Å². The molecule has 106 valence electrons. The lowest BCUT2D eigenvalue weighted by Crippen LogP contribution is -2.57. The minimum absolute atomic E-state index is 0.719. The monoisotopic (exact) mass is 253 g/mol. The van der Waals surface area contributed by atoms with Gasteiger partial charge < -0.3 is 10.2 Å². The fraction of sp³-hybridized carbons (Fsp3) is 1.00. The molecule has 3 atom stereocenters. The number of piperazine rings is 1. The molecule has 0 radical (unpaired) electrons. The summed E-state index contributed by atoms with van der Waals surface area (Å²) < 4.78 is 0. The third-order valence-corrected chi connectivity index (χ3v) is 4.89. The normalized spacial score (nSPS) is 35.2. The summed E-state index contributed by atoms with van der Waals surface area (Å²) in [6, 6.07) is 1.49. The Hall–Kier alpha value is -0.120. The van der Waals surface area contributed by atoms with Gasteiger partial charge in [0, 0.05) is 38.3 Å². The molecule has 0 aromatic carbocycles. The Morgan fingerprint density at radius 1 is 1.11 bits per heavy atom. The average molecular weight is 253 g/mol. The van der Waals surface area contributed by atoms with Crippen LogP contribution in [-0.2, 0) is 0 Å². The van der Waals surface area contributed by atoms with E-state index in [2.05, 4.69) is 35.9 Å². The number of hydrogen-bond donors (Lipinski definition) is 1. The summed E-state index contributed by atoms with van der Waals surface area (Å²) in [4.78, 5) is 5.37. The summed E-state index contributed by atoms with van der Waals surface area (Å²) in [6.07, 6.45) is 3.96. The van der Waals surface area contributed by atoms with Gasteiger partial charge in [-0.3, -0.25) is 4.90 Å². The number of nitrogens with one attached hydrogen (secondary N) is 1. The van der Waals surface area contributed by atoms with Crippen LogP contribution in [0.5, 0.6) is 0 Å². The predicted molar refractivity (Wildman–Crippen MR) is 78.0 cm³/mol. The topological polar surface area (TPSA) is 18.5 Å². The lowest BCUT2D eigenvalue weighted by Gasteiger charge is -2.41. The molecule has 1 N–H and O–H groups in total. The maximum atomic E-state index is 3.69. The Kier molecular flexibility index (Phi) is 5.46. The molecule has 0 aliphatic carbocycles. The predicted octanol–water partition coefficient (Wildman–Crippen LogP) is 1.79. The summed E-state index contributed by atoms with van der Waals surface area (Å²) in [5, 5.41) is 3.69. The molecule has 2 fully saturated rings. The minimum Gasteiger partial charge on any atom is -0.311 e. The second kappa shape index (κ2) is 6.88. The highest BCUT2D eigenvalue weighted by molar-refractivity contribution is 4.87. The maximum absolute atomic E-state index is 3.69. The standard InChI is InChI=1S/C15H31N3/c1-4-14-12-18(15(5-2)9-16-14)11-13-7-8-17(6-3)10-13/h13-16H,4-12H2,1-3H3. The molecule has 0 aromatic heterocycles. The molecule has 0 saturated carbocycles. The van der Waals surface area contributed by atoms with Gasteiger partial charge in [-0.15, -0.1) is 0 Å². The first-order valence-corrected chi connectivity index (χ1v) is 7.96. The van der Waals surface area contributed by atoms with Gasteiger partial charge in [0.15, 0.2) is 0 Å². The number of likely N-dealkylation sites (tertiary alicyclic amines) is 1. The molecule has 2 rings (SSSR count). The van der Waals surface area contributed by atoms with Crippen molar-refractivity contribution in [3.8, 4) is 0 Å². The SMILES string of the molecule is CCC1CN(CC2CCN(CC)C2)C(CC)CN1. The molecule has 3 unspecified atom stereocenters. The van der Waals surface area contributed by atoms with Crippen molar-refractivity contribution in [1.82, 2.24) is 15.1 Å². The zero-order valence-electron chi connectivity index (χ0n) is 12.5. The second-order valence-corrected chi connectivity index (χ2v) is 6.08. The van der Waals surface area contributed by atoms with Crippen LogP contribution < -0.4 is 5.32 Å². The maximum Gasteiger partial charge on any atom is 0.0218 e. The van der Waals surface area contributed by atoms with E-state index in [9.17, 15) is 0 Å². The van der Waals surface area contributed by atoms with Gasteiger partial charge >= 0.3 is 0 Å². The molecule has 0 amide bonds. The highest BCUT2D eigenvalue weighted by Gasteiger charge is 2.30. The van der Waals surface area contributed by atoms with E-state index >= 15 is 0 Å². The smallest absolute Gasteiger partial charge is 0.0218 e. The number of nitrogens with zero attached hydrogens (tertiary/aromatic N) is 2. The van der Waals surface area contributed by atoms with Crippen molar-refractivity contribution in [3.05, 3.63) is 0 Å². The molecular weight excluding hydrogens is 222 g/mol. The first kappa shape index (κ1) is 14.3. The summed E-state index contributed by atoms with van der Waals surface area (Å²) >= 11 is 0. The Morgan fingerprint density at radius 2 is 1.94 bits per heavy atom. The molecule has 18 heavy (non-hydrogen) atoms. The third-order valence-electron chi connectivity index (χ3n) is 4.89. The van der Waals surface area contributed by atoms with Gasteiger partial charge in [0.2, 0.25) is 0 Å². The van der Waals surface area contributed by atoms with E-state index in [1.54, 1.807) is 0 Å². The van der Waals surface area contributed by atoms with Gasteiger partial charge in [-0.05, 0) is 38.3 Å². The Morgan fingerprint density at radius 3 is 2.56 bits per heavy atom. The van der Waals surface area contributed by atoms with Crippen LogP contribution in [-0.4, -0.2) is 61.2 Å². The van der Waals surface area contributed by atoms with Crippen LogP contribution in [0.2, 0.25) is 0 Å². The molecule has 3 heteroatoms. The van der Waals surface area contributed by atoms with Crippen LogP contribution in [0, 0.1) is 5.92 Å². The molecule has 2 saturated heterocycles. The molecular formula is C15H31N3. The van der Waals surface area contributed by atoms with Crippen molar-refractivity contribution in [3.63, 3.8) is 0 Å². The van der Waals surface area contributed by atoms with E-state index in [0.717, 1.165) is 18.0 Å². The van der Waals surface area contributed by atoms with Gasteiger partial charge in [0.05, 0.1) is 0 Å². The van der Waals surface area contributed by atoms with Crippen LogP contribution in [0.3, 0.4) is 0 Å². The van der Waals surface area contributed by atoms with Crippen LogP contribution in [0.4, 0.5) is 0 Å². The average Bonchev–Trinajstić information content (AvgIpc) is 2.86. The lowest BCUT2D eigenvalue weighted by atomic mass is 10.0. The Bertz CT molecular complexity index is 244. The van der Waals surface area contributed by atoms with Crippen molar-refractivity contribution in [2.75, 3.05) is 39.3 Å². The van der Waals surface area contributed by atoms with Crippen molar-refractivity contribution in [1.29, 1.82) is 0 Å². The first-order valence-electron chi connectivity index (χ1n) is 7.96. The summed E-state index contributed by atoms with van der Waals surface area (Å²) in [5.41, 5.74) is 0. The van der Waals surface area contributed by atoms with Gasteiger partial charge in [-0.2, -0.15) is 0 Å². The molecule has 0 spiro atoms. The fourth-order valence-corrected chi connectivity index (χ4v) is 3.51. The van der Waals surface area contributed by atoms with Crippen molar-refractivity contribution in [2.24, 2.45) is 5.92 Å². The third kappa shape index (κ3) is 3.46. The van der Waals surface area contributed by atoms with Crippen molar-refractivity contribution < 1.29 is 0 Å². The number of hydrogen-bond acceptors (Lipinski definition) is 3.